The molecule has 0 saturated heterocycles. The maximum absolute atomic E-state index is 6.12. The first-order valence-electron chi connectivity index (χ1n) is 5.81. The van der Waals surface area contributed by atoms with Crippen LogP contribution < -0.4 is 11.5 Å². The van der Waals surface area contributed by atoms with Gasteiger partial charge in [-0.2, -0.15) is 0 Å². The lowest BCUT2D eigenvalue weighted by atomic mass is 10.1. The zero-order valence-corrected chi connectivity index (χ0v) is 9.50. The molecule has 0 saturated carbocycles. The van der Waals surface area contributed by atoms with Crippen LogP contribution in [0.5, 0.6) is 0 Å². The predicted octanol–water partition coefficient (Wildman–Crippen LogP) is 1.32. The number of nitrogen functional groups attached to an aromatic ring is 1. The van der Waals surface area contributed by atoms with Crippen molar-refractivity contribution in [3.8, 4) is 11.4 Å². The Kier molecular flexibility index (Phi) is 2.33. The molecular weight excluding hydrogens is 214 g/mol. The van der Waals surface area contributed by atoms with Crippen molar-refractivity contribution in [2.75, 3.05) is 5.73 Å². The van der Waals surface area contributed by atoms with Crippen molar-refractivity contribution in [3.63, 3.8) is 0 Å². The highest BCUT2D eigenvalue weighted by molar-refractivity contribution is 5.59. The minimum absolute atomic E-state index is 0.0127. The first kappa shape index (κ1) is 10.3. The van der Waals surface area contributed by atoms with Crippen LogP contribution in [-0.2, 0) is 6.42 Å². The molecule has 0 bridgehead atoms. The summed E-state index contributed by atoms with van der Waals surface area (Å²) in [5, 5.41) is 8.45. The van der Waals surface area contributed by atoms with Crippen LogP contribution in [0.1, 0.15) is 24.8 Å². The summed E-state index contributed by atoms with van der Waals surface area (Å²) in [6, 6.07) is 7.64. The molecule has 0 amide bonds. The van der Waals surface area contributed by atoms with Crippen LogP contribution in [0.4, 0.5) is 5.69 Å². The van der Waals surface area contributed by atoms with E-state index in [1.54, 1.807) is 0 Å². The molecule has 17 heavy (non-hydrogen) atoms. The van der Waals surface area contributed by atoms with Gasteiger partial charge in [-0.1, -0.05) is 0 Å². The summed E-state index contributed by atoms with van der Waals surface area (Å²) in [7, 11) is 0. The number of anilines is 1. The molecule has 5 nitrogen and oxygen atoms in total. The molecular formula is C12H15N5. The first-order valence-corrected chi connectivity index (χ1v) is 5.81. The lowest BCUT2D eigenvalue weighted by Crippen LogP contribution is -2.25. The number of nitrogens with zero attached hydrogens (tertiary/aromatic N) is 3. The van der Waals surface area contributed by atoms with Gasteiger partial charge in [0.1, 0.15) is 5.82 Å². The quantitative estimate of drug-likeness (QED) is 0.722. The van der Waals surface area contributed by atoms with Gasteiger partial charge in [0.15, 0.2) is 5.82 Å². The molecule has 1 aliphatic rings. The molecule has 1 aromatic heterocycles. The predicted molar refractivity (Wildman–Crippen MR) is 66.0 cm³/mol. The van der Waals surface area contributed by atoms with Crippen LogP contribution in [0.2, 0.25) is 0 Å². The minimum Gasteiger partial charge on any atom is -0.399 e. The van der Waals surface area contributed by atoms with Crippen LogP contribution in [0.3, 0.4) is 0 Å². The van der Waals surface area contributed by atoms with Crippen molar-refractivity contribution in [1.29, 1.82) is 0 Å². The molecule has 0 fully saturated rings. The van der Waals surface area contributed by atoms with Gasteiger partial charge >= 0.3 is 0 Å². The molecule has 1 aliphatic heterocycles. The van der Waals surface area contributed by atoms with Gasteiger partial charge in [0.2, 0.25) is 0 Å². The Balaban J connectivity index is 2.09. The van der Waals surface area contributed by atoms with Gasteiger partial charge < -0.3 is 11.5 Å². The van der Waals surface area contributed by atoms with E-state index >= 15 is 0 Å². The highest BCUT2D eigenvalue weighted by atomic mass is 15.3. The number of fused-ring (bicyclic) bond motifs is 1. The Morgan fingerprint density at radius 2 is 1.94 bits per heavy atom. The van der Waals surface area contributed by atoms with E-state index in [2.05, 4.69) is 10.2 Å². The summed E-state index contributed by atoms with van der Waals surface area (Å²) in [5.74, 6) is 1.82. The third kappa shape index (κ3) is 1.68. The van der Waals surface area contributed by atoms with Gasteiger partial charge in [-0.3, -0.25) is 4.57 Å². The van der Waals surface area contributed by atoms with E-state index in [0.29, 0.717) is 0 Å². The molecule has 1 atom stereocenters. The number of hydrogen-bond donors (Lipinski definition) is 2. The standard InChI is InChI=1S/C12H15N5/c13-9-6-4-8(5-7-9)12-16-15-11-3-1-2-10(14)17(11)12/h4-7,10H,1-3,13-14H2. The fourth-order valence-electron chi connectivity index (χ4n) is 2.27. The van der Waals surface area contributed by atoms with E-state index in [-0.39, 0.29) is 6.17 Å². The van der Waals surface area contributed by atoms with Crippen LogP contribution in [0, 0.1) is 0 Å². The van der Waals surface area contributed by atoms with E-state index in [4.69, 9.17) is 11.5 Å². The summed E-state index contributed by atoms with van der Waals surface area (Å²) in [5.41, 5.74) is 13.6. The Hall–Kier alpha value is -1.88. The molecule has 2 aromatic rings. The maximum Gasteiger partial charge on any atom is 0.165 e. The van der Waals surface area contributed by atoms with Crippen molar-refractivity contribution in [1.82, 2.24) is 14.8 Å². The molecule has 4 N–H and O–H groups in total. The monoisotopic (exact) mass is 229 g/mol. The second-order valence-corrected chi connectivity index (χ2v) is 4.39. The number of benzene rings is 1. The maximum atomic E-state index is 6.12. The van der Waals surface area contributed by atoms with Gasteiger partial charge in [-0.25, -0.2) is 0 Å². The van der Waals surface area contributed by atoms with Crippen LogP contribution >= 0.6 is 0 Å². The van der Waals surface area contributed by atoms with Gasteiger partial charge in [0.05, 0.1) is 6.17 Å². The lowest BCUT2D eigenvalue weighted by Gasteiger charge is -2.22. The summed E-state index contributed by atoms with van der Waals surface area (Å²) < 4.78 is 2.04. The van der Waals surface area contributed by atoms with E-state index in [0.717, 1.165) is 42.2 Å². The van der Waals surface area contributed by atoms with Crippen molar-refractivity contribution < 1.29 is 0 Å². The highest BCUT2D eigenvalue weighted by Gasteiger charge is 2.22. The Labute approximate surface area is 99.4 Å². The topological polar surface area (TPSA) is 82.8 Å². The zero-order chi connectivity index (χ0) is 11.8. The van der Waals surface area contributed by atoms with Crippen molar-refractivity contribution in [2.24, 2.45) is 5.73 Å². The molecule has 1 aromatic carbocycles. The average molecular weight is 229 g/mol. The number of rotatable bonds is 1. The average Bonchev–Trinajstić information content (AvgIpc) is 2.75. The van der Waals surface area contributed by atoms with Crippen LogP contribution in [0.15, 0.2) is 24.3 Å². The molecule has 5 heteroatoms. The van der Waals surface area contributed by atoms with Gasteiger partial charge in [0, 0.05) is 17.7 Å². The molecule has 88 valence electrons. The Bertz CT molecular complexity index is 528. The molecule has 0 aliphatic carbocycles. The summed E-state index contributed by atoms with van der Waals surface area (Å²) in [4.78, 5) is 0. The van der Waals surface area contributed by atoms with Crippen molar-refractivity contribution in [3.05, 3.63) is 30.1 Å². The SMILES string of the molecule is Nc1ccc(-c2nnc3n2C(N)CCC3)cc1. The normalized spacial score (nSPS) is 19.0. The van der Waals surface area contributed by atoms with Crippen molar-refractivity contribution >= 4 is 5.69 Å². The fourth-order valence-corrected chi connectivity index (χ4v) is 2.27. The second kappa shape index (κ2) is 3.85. The van der Waals surface area contributed by atoms with Crippen LogP contribution in [0.25, 0.3) is 11.4 Å². The van der Waals surface area contributed by atoms with Crippen LogP contribution in [-0.4, -0.2) is 14.8 Å². The van der Waals surface area contributed by atoms with Gasteiger partial charge in [-0.15, -0.1) is 10.2 Å². The van der Waals surface area contributed by atoms with E-state index in [1.165, 1.54) is 0 Å². The minimum atomic E-state index is -0.0127. The van der Waals surface area contributed by atoms with E-state index < -0.39 is 0 Å². The number of nitrogens with two attached hydrogens (primary N) is 2. The smallest absolute Gasteiger partial charge is 0.165 e. The number of hydrogen-bond acceptors (Lipinski definition) is 4. The highest BCUT2D eigenvalue weighted by Crippen LogP contribution is 2.27. The fraction of sp³-hybridized carbons (Fsp3) is 0.333. The molecule has 2 heterocycles. The molecule has 1 unspecified atom stereocenters. The molecule has 3 rings (SSSR count). The summed E-state index contributed by atoms with van der Waals surface area (Å²) >= 11 is 0. The number of aryl methyl sites for hydroxylation is 1. The lowest BCUT2D eigenvalue weighted by molar-refractivity contribution is 0.412. The second-order valence-electron chi connectivity index (χ2n) is 4.39. The third-order valence-electron chi connectivity index (χ3n) is 3.17. The van der Waals surface area contributed by atoms with Crippen molar-refractivity contribution in [2.45, 2.75) is 25.4 Å². The third-order valence-corrected chi connectivity index (χ3v) is 3.17. The molecule has 0 radical (unpaired) electrons. The Morgan fingerprint density at radius 1 is 1.18 bits per heavy atom. The number of aromatic nitrogens is 3. The van der Waals surface area contributed by atoms with Gasteiger partial charge in [-0.05, 0) is 37.1 Å². The Morgan fingerprint density at radius 3 is 2.71 bits per heavy atom. The van der Waals surface area contributed by atoms with E-state index in [9.17, 15) is 0 Å². The first-order chi connectivity index (χ1) is 8.25. The molecule has 0 spiro atoms. The zero-order valence-electron chi connectivity index (χ0n) is 9.50. The van der Waals surface area contributed by atoms with Gasteiger partial charge in [0.25, 0.3) is 0 Å². The van der Waals surface area contributed by atoms with E-state index in [1.807, 2.05) is 28.8 Å². The summed E-state index contributed by atoms with van der Waals surface area (Å²) in [6.07, 6.45) is 3.00. The largest absolute Gasteiger partial charge is 0.399 e. The summed E-state index contributed by atoms with van der Waals surface area (Å²) in [6.45, 7) is 0.